The van der Waals surface area contributed by atoms with Crippen LogP contribution in [0.4, 0.5) is 24.9 Å². The zero-order valence-electron chi connectivity index (χ0n) is 17.2. The molecule has 0 spiro atoms. The molecule has 0 aromatic carbocycles. The number of nitrogens with zero attached hydrogens (tertiary/aromatic N) is 5. The molecule has 0 saturated heterocycles. The van der Waals surface area contributed by atoms with Crippen molar-refractivity contribution in [2.24, 2.45) is 5.92 Å². The first-order chi connectivity index (χ1) is 14.8. The van der Waals surface area contributed by atoms with E-state index >= 15 is 0 Å². The molecule has 0 bridgehead atoms. The van der Waals surface area contributed by atoms with Crippen LogP contribution in [-0.4, -0.2) is 45.3 Å². The molecule has 1 saturated carbocycles. The number of rotatable bonds is 5. The number of ether oxygens (including phenoxy) is 1. The third-order valence-corrected chi connectivity index (χ3v) is 6.13. The lowest BCUT2D eigenvalue weighted by atomic mass is 9.81. The van der Waals surface area contributed by atoms with Crippen LogP contribution in [0, 0.1) is 5.92 Å². The first-order valence-electron chi connectivity index (χ1n) is 10.3. The summed E-state index contributed by atoms with van der Waals surface area (Å²) in [6.07, 6.45) is 0.513. The summed E-state index contributed by atoms with van der Waals surface area (Å²) in [6.45, 7) is 3.54. The first kappa shape index (κ1) is 19.9. The third kappa shape index (κ3) is 3.75. The van der Waals surface area contributed by atoms with Crippen LogP contribution in [0.5, 0.6) is 5.75 Å². The maximum absolute atomic E-state index is 12.6. The maximum Gasteiger partial charge on any atom is 0.433 e. The van der Waals surface area contributed by atoms with E-state index in [1.165, 1.54) is 6.07 Å². The number of likely N-dealkylation sites (N-methyl/N-ethyl adjacent to an activating group) is 1. The molecule has 1 fully saturated rings. The van der Waals surface area contributed by atoms with Crippen LogP contribution in [-0.2, 0) is 12.7 Å². The maximum atomic E-state index is 12.6. The van der Waals surface area contributed by atoms with Crippen molar-refractivity contribution in [3.8, 4) is 5.75 Å². The lowest BCUT2D eigenvalue weighted by Gasteiger charge is -2.36. The number of halogens is 3. The normalized spacial score (nSPS) is 23.0. The Bertz CT molecular complexity index is 1090. The van der Waals surface area contributed by atoms with Gasteiger partial charge in [0.1, 0.15) is 17.0 Å². The Kier molecular flexibility index (Phi) is 4.67. The van der Waals surface area contributed by atoms with Gasteiger partial charge in [0.25, 0.3) is 0 Å². The fourth-order valence-corrected chi connectivity index (χ4v) is 4.18. The Morgan fingerprint density at radius 1 is 1.19 bits per heavy atom. The molecule has 1 aliphatic carbocycles. The largest absolute Gasteiger partial charge is 0.492 e. The summed E-state index contributed by atoms with van der Waals surface area (Å²) < 4.78 is 45.5. The van der Waals surface area contributed by atoms with E-state index in [1.54, 1.807) is 0 Å². The fraction of sp³-hybridized carbons (Fsp3) is 0.476. The summed E-state index contributed by atoms with van der Waals surface area (Å²) in [5, 5.41) is 3.42. The summed E-state index contributed by atoms with van der Waals surface area (Å²) in [5.74, 6) is 2.23. The predicted molar refractivity (Wildman–Crippen MR) is 110 cm³/mol. The van der Waals surface area contributed by atoms with Crippen LogP contribution >= 0.6 is 0 Å². The molecule has 4 heterocycles. The van der Waals surface area contributed by atoms with Crippen molar-refractivity contribution in [1.29, 1.82) is 0 Å². The lowest BCUT2D eigenvalue weighted by molar-refractivity contribution is -0.141. The quantitative estimate of drug-likeness (QED) is 0.659. The van der Waals surface area contributed by atoms with Crippen LogP contribution in [0.25, 0.3) is 11.0 Å². The highest BCUT2D eigenvalue weighted by atomic mass is 19.4. The second-order valence-electron chi connectivity index (χ2n) is 8.40. The highest BCUT2D eigenvalue weighted by molar-refractivity contribution is 5.89. The second kappa shape index (κ2) is 7.28. The molecule has 7 nitrogen and oxygen atoms in total. The van der Waals surface area contributed by atoms with E-state index in [2.05, 4.69) is 44.9 Å². The predicted octanol–water partition coefficient (Wildman–Crippen LogP) is 3.95. The van der Waals surface area contributed by atoms with Gasteiger partial charge in [0.15, 0.2) is 5.82 Å². The molecule has 5 rings (SSSR count). The number of anilines is 2. The molecule has 2 aliphatic rings. The van der Waals surface area contributed by atoms with Gasteiger partial charge in [-0.2, -0.15) is 18.2 Å². The van der Waals surface area contributed by atoms with E-state index in [9.17, 15) is 13.2 Å². The van der Waals surface area contributed by atoms with Crippen molar-refractivity contribution < 1.29 is 17.9 Å². The van der Waals surface area contributed by atoms with Crippen LogP contribution in [0.1, 0.15) is 25.5 Å². The third-order valence-electron chi connectivity index (χ3n) is 6.13. The van der Waals surface area contributed by atoms with Gasteiger partial charge < -0.3 is 19.5 Å². The van der Waals surface area contributed by atoms with Crippen molar-refractivity contribution in [3.05, 3.63) is 36.3 Å². The summed E-state index contributed by atoms with van der Waals surface area (Å²) in [5.41, 5.74) is 1.08. The molecule has 3 aromatic rings. The summed E-state index contributed by atoms with van der Waals surface area (Å²) in [4.78, 5) is 15.0. The highest BCUT2D eigenvalue weighted by Crippen LogP contribution is 2.34. The molecule has 1 aliphatic heterocycles. The van der Waals surface area contributed by atoms with Gasteiger partial charge in [-0.05, 0) is 43.9 Å². The fourth-order valence-electron chi connectivity index (χ4n) is 4.18. The molecular formula is C21H23F3N6O. The Morgan fingerprint density at radius 2 is 2.00 bits per heavy atom. The number of aromatic nitrogens is 4. The van der Waals surface area contributed by atoms with Gasteiger partial charge in [-0.15, -0.1) is 0 Å². The number of hydrogen-bond donors (Lipinski definition) is 1. The standard InChI is InChI=1S/C21H23F3N6O/c1-12-10-30-6-5-16-18(30)19(29(12)2)28-20(27-16)26-14-7-13(8-14)11-31-15-3-4-17(25-9-15)21(22,23)24/h3-6,9,12-14H,7-8,10-11H2,1-2H3,(H,26,27,28)/t12-,13?,14?/m0/s1. The number of hydrogen-bond acceptors (Lipinski definition) is 6. The van der Waals surface area contributed by atoms with Crippen molar-refractivity contribution in [2.75, 3.05) is 23.9 Å². The minimum Gasteiger partial charge on any atom is -0.492 e. The van der Waals surface area contributed by atoms with E-state index in [-0.39, 0.29) is 6.04 Å². The minimum atomic E-state index is -4.44. The Hall–Kier alpha value is -3.04. The number of alkyl halides is 3. The van der Waals surface area contributed by atoms with Gasteiger partial charge in [-0.25, -0.2) is 9.97 Å². The highest BCUT2D eigenvalue weighted by Gasteiger charge is 2.33. The summed E-state index contributed by atoms with van der Waals surface area (Å²) >= 11 is 0. The van der Waals surface area contributed by atoms with Crippen LogP contribution in [0.2, 0.25) is 0 Å². The molecule has 0 unspecified atom stereocenters. The second-order valence-corrected chi connectivity index (χ2v) is 8.40. The molecule has 0 amide bonds. The van der Waals surface area contributed by atoms with Crippen LogP contribution in [0.15, 0.2) is 30.6 Å². The molecule has 3 aromatic heterocycles. The molecule has 164 valence electrons. The van der Waals surface area contributed by atoms with E-state index in [0.29, 0.717) is 30.3 Å². The molecule has 1 N–H and O–H groups in total. The smallest absolute Gasteiger partial charge is 0.433 e. The molecule has 0 radical (unpaired) electrons. The van der Waals surface area contributed by atoms with E-state index in [0.717, 1.165) is 48.5 Å². The summed E-state index contributed by atoms with van der Waals surface area (Å²) in [7, 11) is 2.06. The van der Waals surface area contributed by atoms with Crippen molar-refractivity contribution in [2.45, 2.75) is 44.6 Å². The summed E-state index contributed by atoms with van der Waals surface area (Å²) in [6, 6.07) is 4.87. The van der Waals surface area contributed by atoms with Gasteiger partial charge in [0.2, 0.25) is 5.95 Å². The SMILES string of the molecule is C[C@H]1Cn2ccc3nc(NC4CC(COc5ccc(C(F)(F)F)nc5)C4)nc(c32)N1C. The van der Waals surface area contributed by atoms with Crippen molar-refractivity contribution in [1.82, 2.24) is 19.5 Å². The monoisotopic (exact) mass is 432 g/mol. The Morgan fingerprint density at radius 3 is 2.71 bits per heavy atom. The average Bonchev–Trinajstić information content (AvgIpc) is 3.10. The van der Waals surface area contributed by atoms with E-state index < -0.39 is 11.9 Å². The van der Waals surface area contributed by atoms with Crippen LogP contribution < -0.4 is 15.0 Å². The van der Waals surface area contributed by atoms with Gasteiger partial charge in [-0.1, -0.05) is 0 Å². The molecular weight excluding hydrogens is 409 g/mol. The Labute approximate surface area is 177 Å². The average molecular weight is 432 g/mol. The molecule has 31 heavy (non-hydrogen) atoms. The minimum absolute atomic E-state index is 0.248. The van der Waals surface area contributed by atoms with Gasteiger partial charge in [-0.3, -0.25) is 0 Å². The van der Waals surface area contributed by atoms with E-state index in [1.807, 2.05) is 6.07 Å². The molecule has 10 heteroatoms. The zero-order chi connectivity index (χ0) is 21.8. The topological polar surface area (TPSA) is 68.1 Å². The molecule has 1 atom stereocenters. The van der Waals surface area contributed by atoms with Crippen molar-refractivity contribution >= 4 is 22.8 Å². The van der Waals surface area contributed by atoms with Gasteiger partial charge in [0.05, 0.1) is 18.3 Å². The number of pyridine rings is 1. The van der Waals surface area contributed by atoms with E-state index in [4.69, 9.17) is 9.72 Å². The Balaban J connectivity index is 1.17. The van der Waals surface area contributed by atoms with Gasteiger partial charge >= 0.3 is 6.18 Å². The number of nitrogens with one attached hydrogen (secondary N) is 1. The zero-order valence-corrected chi connectivity index (χ0v) is 17.2. The van der Waals surface area contributed by atoms with Crippen LogP contribution in [0.3, 0.4) is 0 Å². The van der Waals surface area contributed by atoms with Crippen molar-refractivity contribution in [3.63, 3.8) is 0 Å². The van der Waals surface area contributed by atoms with Gasteiger partial charge in [0, 0.05) is 31.9 Å². The first-order valence-corrected chi connectivity index (χ1v) is 10.3. The lowest BCUT2D eigenvalue weighted by Crippen LogP contribution is -2.39.